The minimum Gasteiger partial charge on any atom is -0.394 e. The zero-order valence-electron chi connectivity index (χ0n) is 9.59. The highest BCUT2D eigenvalue weighted by atomic mass is 32.2. The lowest BCUT2D eigenvalue weighted by Crippen LogP contribution is -2.40. The monoisotopic (exact) mass is 272 g/mol. The van der Waals surface area contributed by atoms with Gasteiger partial charge < -0.3 is 25.2 Å². The molecule has 0 spiro atoms. The van der Waals surface area contributed by atoms with E-state index < -0.39 is 36.5 Å². The molecule has 5 atom stereocenters. The molecule has 1 aliphatic rings. The van der Waals surface area contributed by atoms with Gasteiger partial charge in [0.05, 0.1) is 6.61 Å². The van der Waals surface area contributed by atoms with Gasteiger partial charge in [-0.25, -0.2) is 0 Å². The minimum atomic E-state index is -1.20. The standard InChI is InChI=1S/C12H16O5S/c13-6-8(14)11-9(15)10(16)12(17-11)18-7-4-2-1-3-5-7/h1-5,8-16H,6H2/t8-,9+,10+,11-,12+/m0/s1. The molecule has 0 radical (unpaired) electrons. The summed E-state index contributed by atoms with van der Waals surface area (Å²) in [6, 6.07) is 9.33. The highest BCUT2D eigenvalue weighted by molar-refractivity contribution is 7.99. The van der Waals surface area contributed by atoms with E-state index in [2.05, 4.69) is 0 Å². The van der Waals surface area contributed by atoms with E-state index in [9.17, 15) is 15.3 Å². The molecule has 2 rings (SSSR count). The van der Waals surface area contributed by atoms with Crippen molar-refractivity contribution < 1.29 is 25.2 Å². The molecule has 0 amide bonds. The smallest absolute Gasteiger partial charge is 0.136 e. The zero-order chi connectivity index (χ0) is 13.1. The first-order valence-electron chi connectivity index (χ1n) is 5.65. The fourth-order valence-corrected chi connectivity index (χ4v) is 2.89. The molecule has 0 aliphatic carbocycles. The van der Waals surface area contributed by atoms with Crippen LogP contribution in [0, 0.1) is 0 Å². The molecule has 0 saturated carbocycles. The Balaban J connectivity index is 2.03. The molecular weight excluding hydrogens is 256 g/mol. The molecular formula is C12H16O5S. The molecule has 5 nitrogen and oxygen atoms in total. The lowest BCUT2D eigenvalue weighted by molar-refractivity contribution is -0.0713. The number of rotatable bonds is 4. The van der Waals surface area contributed by atoms with Gasteiger partial charge >= 0.3 is 0 Å². The predicted molar refractivity (Wildman–Crippen MR) is 66.1 cm³/mol. The molecule has 18 heavy (non-hydrogen) atoms. The van der Waals surface area contributed by atoms with Crippen LogP contribution >= 0.6 is 11.8 Å². The first-order valence-corrected chi connectivity index (χ1v) is 6.53. The highest BCUT2D eigenvalue weighted by Gasteiger charge is 2.46. The lowest BCUT2D eigenvalue weighted by Gasteiger charge is -2.18. The van der Waals surface area contributed by atoms with Gasteiger partial charge in [-0.1, -0.05) is 30.0 Å². The Morgan fingerprint density at radius 2 is 1.83 bits per heavy atom. The van der Waals surface area contributed by atoms with Crippen LogP contribution in [-0.2, 0) is 4.74 Å². The number of thioether (sulfide) groups is 1. The summed E-state index contributed by atoms with van der Waals surface area (Å²) in [6.45, 7) is -0.517. The van der Waals surface area contributed by atoms with Crippen molar-refractivity contribution in [2.24, 2.45) is 0 Å². The van der Waals surface area contributed by atoms with Crippen LogP contribution in [0.5, 0.6) is 0 Å². The number of hydrogen-bond donors (Lipinski definition) is 4. The average molecular weight is 272 g/mol. The summed E-state index contributed by atoms with van der Waals surface area (Å²) in [5.41, 5.74) is -0.659. The Labute approximate surface area is 109 Å². The molecule has 0 unspecified atom stereocenters. The average Bonchev–Trinajstić information content (AvgIpc) is 2.67. The molecule has 1 aromatic rings. The van der Waals surface area contributed by atoms with E-state index in [0.29, 0.717) is 0 Å². The number of ether oxygens (including phenoxy) is 1. The van der Waals surface area contributed by atoms with Gasteiger partial charge in [0, 0.05) is 4.90 Å². The molecule has 1 heterocycles. The van der Waals surface area contributed by atoms with Gasteiger partial charge in [0.25, 0.3) is 0 Å². The molecule has 1 aliphatic heterocycles. The van der Waals surface area contributed by atoms with Gasteiger partial charge in [0.2, 0.25) is 0 Å². The summed E-state index contributed by atoms with van der Waals surface area (Å²) < 4.78 is 5.40. The second kappa shape index (κ2) is 6.01. The Kier molecular flexibility index (Phi) is 4.60. The van der Waals surface area contributed by atoms with Gasteiger partial charge in [-0.2, -0.15) is 0 Å². The number of benzene rings is 1. The molecule has 6 heteroatoms. The van der Waals surface area contributed by atoms with Gasteiger partial charge in [0.1, 0.15) is 29.9 Å². The van der Waals surface area contributed by atoms with Crippen molar-refractivity contribution in [2.45, 2.75) is 34.7 Å². The quantitative estimate of drug-likeness (QED) is 0.595. The Bertz CT molecular complexity index is 374. The Morgan fingerprint density at radius 1 is 1.17 bits per heavy atom. The minimum absolute atomic E-state index is 0.517. The first kappa shape index (κ1) is 13.8. The summed E-state index contributed by atoms with van der Waals surface area (Å²) >= 11 is 1.27. The molecule has 4 N–H and O–H groups in total. The first-order chi connectivity index (χ1) is 8.63. The third kappa shape index (κ3) is 2.85. The maximum absolute atomic E-state index is 9.85. The van der Waals surface area contributed by atoms with Crippen LogP contribution in [0.25, 0.3) is 0 Å². The lowest BCUT2D eigenvalue weighted by atomic mass is 10.1. The number of hydrogen-bond acceptors (Lipinski definition) is 6. The van der Waals surface area contributed by atoms with Crippen molar-refractivity contribution in [3.8, 4) is 0 Å². The van der Waals surface area contributed by atoms with Crippen molar-refractivity contribution in [3.05, 3.63) is 30.3 Å². The molecule has 1 saturated heterocycles. The van der Waals surface area contributed by atoms with Crippen molar-refractivity contribution in [2.75, 3.05) is 6.61 Å². The van der Waals surface area contributed by atoms with Gasteiger partial charge in [0.15, 0.2) is 0 Å². The van der Waals surface area contributed by atoms with Crippen LogP contribution in [0.2, 0.25) is 0 Å². The predicted octanol–water partition coefficient (Wildman–Crippen LogP) is -0.421. The zero-order valence-corrected chi connectivity index (χ0v) is 10.4. The van der Waals surface area contributed by atoms with Crippen molar-refractivity contribution >= 4 is 11.8 Å². The van der Waals surface area contributed by atoms with Crippen molar-refractivity contribution in [1.29, 1.82) is 0 Å². The third-order valence-electron chi connectivity index (χ3n) is 2.82. The van der Waals surface area contributed by atoms with E-state index >= 15 is 0 Å². The van der Waals surface area contributed by atoms with Crippen LogP contribution in [0.15, 0.2) is 35.2 Å². The number of aliphatic hydroxyl groups excluding tert-OH is 4. The van der Waals surface area contributed by atoms with Crippen molar-refractivity contribution in [3.63, 3.8) is 0 Å². The maximum atomic E-state index is 9.85. The van der Waals surface area contributed by atoms with Crippen molar-refractivity contribution in [1.82, 2.24) is 0 Å². The number of aliphatic hydroxyl groups is 4. The Morgan fingerprint density at radius 3 is 2.44 bits per heavy atom. The van der Waals surface area contributed by atoms with Crippen LogP contribution < -0.4 is 0 Å². The van der Waals surface area contributed by atoms with Gasteiger partial charge in [-0.3, -0.25) is 0 Å². The molecule has 0 aromatic heterocycles. The maximum Gasteiger partial charge on any atom is 0.136 e. The van der Waals surface area contributed by atoms with E-state index in [-0.39, 0.29) is 0 Å². The van der Waals surface area contributed by atoms with Crippen LogP contribution in [0.1, 0.15) is 0 Å². The Hall–Kier alpha value is -0.630. The fraction of sp³-hybridized carbons (Fsp3) is 0.500. The highest BCUT2D eigenvalue weighted by Crippen LogP contribution is 2.35. The summed E-state index contributed by atoms with van der Waals surface area (Å²) in [4.78, 5) is 0.896. The SMILES string of the molecule is OC[C@H](O)[C@@H]1O[C@H](Sc2ccccc2)[C@H](O)[C@H]1O. The van der Waals surface area contributed by atoms with E-state index in [1.165, 1.54) is 11.8 Å². The van der Waals surface area contributed by atoms with E-state index in [1.807, 2.05) is 30.3 Å². The van der Waals surface area contributed by atoms with Crippen LogP contribution in [-0.4, -0.2) is 56.9 Å². The summed E-state index contributed by atoms with van der Waals surface area (Å²) in [5, 5.41) is 37.9. The second-order valence-corrected chi connectivity index (χ2v) is 5.30. The summed E-state index contributed by atoms with van der Waals surface area (Å²) in [6.07, 6.45) is -4.46. The van der Waals surface area contributed by atoms with E-state index in [1.54, 1.807) is 0 Å². The van der Waals surface area contributed by atoms with Crippen LogP contribution in [0.4, 0.5) is 0 Å². The van der Waals surface area contributed by atoms with Gasteiger partial charge in [-0.05, 0) is 12.1 Å². The second-order valence-electron chi connectivity index (χ2n) is 4.13. The van der Waals surface area contributed by atoms with Crippen LogP contribution in [0.3, 0.4) is 0 Å². The molecule has 1 fully saturated rings. The summed E-state index contributed by atoms with van der Waals surface area (Å²) in [7, 11) is 0. The van der Waals surface area contributed by atoms with E-state index in [4.69, 9.17) is 9.84 Å². The molecule has 100 valence electrons. The largest absolute Gasteiger partial charge is 0.394 e. The van der Waals surface area contributed by atoms with E-state index in [0.717, 1.165) is 4.90 Å². The van der Waals surface area contributed by atoms with Gasteiger partial charge in [-0.15, -0.1) is 0 Å². The molecule has 0 bridgehead atoms. The normalized spacial score (nSPS) is 33.6. The third-order valence-corrected chi connectivity index (χ3v) is 3.98. The molecule has 1 aromatic carbocycles. The topological polar surface area (TPSA) is 90.2 Å². The fourth-order valence-electron chi connectivity index (χ4n) is 1.82. The summed E-state index contributed by atoms with van der Waals surface area (Å²) in [5.74, 6) is 0.